The molecule has 0 aliphatic carbocycles. The molecule has 0 radical (unpaired) electrons. The summed E-state index contributed by atoms with van der Waals surface area (Å²) in [6.07, 6.45) is 3.07. The van der Waals surface area contributed by atoms with Gasteiger partial charge >= 0.3 is 0 Å². The average Bonchev–Trinajstić information content (AvgIpc) is 2.40. The van der Waals surface area contributed by atoms with Gasteiger partial charge in [-0.05, 0) is 0 Å². The minimum atomic E-state index is 0.354. The van der Waals surface area contributed by atoms with Crippen molar-refractivity contribution in [1.82, 2.24) is 19.9 Å². The largest absolute Gasteiger partial charge is 0.378 e. The molecule has 0 saturated carbocycles. The zero-order valence-corrected chi connectivity index (χ0v) is 9.76. The summed E-state index contributed by atoms with van der Waals surface area (Å²) >= 11 is 5.98. The number of aromatic nitrogens is 4. The van der Waals surface area contributed by atoms with Crippen LogP contribution in [0.15, 0.2) is 12.5 Å². The Bertz CT molecular complexity index is 543. The summed E-state index contributed by atoms with van der Waals surface area (Å²) in [5.41, 5.74) is 1.24. The minimum absolute atomic E-state index is 0.354. The Hall–Kier alpha value is -1.53. The van der Waals surface area contributed by atoms with E-state index in [-0.39, 0.29) is 0 Å². The predicted octanol–water partition coefficient (Wildman–Crippen LogP) is 0.910. The van der Waals surface area contributed by atoms with Crippen LogP contribution in [0.4, 0.5) is 5.95 Å². The second-order valence-electron chi connectivity index (χ2n) is 3.67. The first-order valence-corrected chi connectivity index (χ1v) is 5.68. The lowest BCUT2D eigenvalue weighted by molar-refractivity contribution is 0.122. The second-order valence-corrected chi connectivity index (χ2v) is 4.03. The summed E-state index contributed by atoms with van der Waals surface area (Å²) in [6.45, 7) is 2.97. The number of hydrogen-bond donors (Lipinski definition) is 0. The molecule has 0 unspecified atom stereocenters. The van der Waals surface area contributed by atoms with E-state index in [1.165, 1.54) is 6.33 Å². The van der Waals surface area contributed by atoms with Crippen LogP contribution in [0.3, 0.4) is 0 Å². The first kappa shape index (κ1) is 10.6. The van der Waals surface area contributed by atoms with Crippen molar-refractivity contribution in [3.8, 4) is 0 Å². The molecule has 3 rings (SSSR count). The summed E-state index contributed by atoms with van der Waals surface area (Å²) in [4.78, 5) is 18.7. The van der Waals surface area contributed by atoms with E-state index in [4.69, 9.17) is 16.3 Å². The number of hydrogen-bond acceptors (Lipinski definition) is 6. The highest BCUT2D eigenvalue weighted by atomic mass is 35.5. The molecule has 3 heterocycles. The number of morpholine rings is 1. The van der Waals surface area contributed by atoms with E-state index < -0.39 is 0 Å². The van der Waals surface area contributed by atoms with Crippen molar-refractivity contribution in [2.24, 2.45) is 0 Å². The van der Waals surface area contributed by atoms with Crippen molar-refractivity contribution in [3.05, 3.63) is 17.7 Å². The van der Waals surface area contributed by atoms with Crippen LogP contribution < -0.4 is 4.90 Å². The van der Waals surface area contributed by atoms with Crippen molar-refractivity contribution in [1.29, 1.82) is 0 Å². The van der Waals surface area contributed by atoms with E-state index in [0.29, 0.717) is 35.3 Å². The van der Waals surface area contributed by atoms with Gasteiger partial charge in [0.2, 0.25) is 5.95 Å². The second kappa shape index (κ2) is 4.38. The molecular formula is C10H10ClN5O. The fourth-order valence-electron chi connectivity index (χ4n) is 1.73. The molecule has 0 aromatic carbocycles. The fraction of sp³-hybridized carbons (Fsp3) is 0.400. The topological polar surface area (TPSA) is 64.0 Å². The van der Waals surface area contributed by atoms with Crippen LogP contribution in [0, 0.1) is 0 Å². The van der Waals surface area contributed by atoms with Gasteiger partial charge in [0.1, 0.15) is 17.4 Å². The van der Waals surface area contributed by atoms with E-state index in [9.17, 15) is 0 Å². The number of anilines is 1. The van der Waals surface area contributed by atoms with Gasteiger partial charge in [0, 0.05) is 13.1 Å². The molecule has 0 bridgehead atoms. The Morgan fingerprint density at radius 3 is 2.82 bits per heavy atom. The van der Waals surface area contributed by atoms with Gasteiger partial charge in [-0.1, -0.05) is 11.6 Å². The standard InChI is InChI=1S/C10H10ClN5O/c11-9-8-7(13-6-14-9)5-12-10(15-8)16-1-3-17-4-2-16/h5-6H,1-4H2. The third kappa shape index (κ3) is 2.01. The molecule has 1 saturated heterocycles. The molecule has 7 heteroatoms. The van der Waals surface area contributed by atoms with Gasteiger partial charge in [-0.2, -0.15) is 0 Å². The van der Waals surface area contributed by atoms with Gasteiger partial charge in [0.25, 0.3) is 0 Å². The van der Waals surface area contributed by atoms with Gasteiger partial charge in [-0.15, -0.1) is 0 Å². The highest BCUT2D eigenvalue weighted by molar-refractivity contribution is 6.33. The Labute approximate surface area is 103 Å². The lowest BCUT2D eigenvalue weighted by Gasteiger charge is -2.26. The van der Waals surface area contributed by atoms with Crippen molar-refractivity contribution < 1.29 is 4.74 Å². The zero-order chi connectivity index (χ0) is 11.7. The first-order chi connectivity index (χ1) is 8.34. The van der Waals surface area contributed by atoms with Gasteiger partial charge in [-0.3, -0.25) is 0 Å². The van der Waals surface area contributed by atoms with Crippen LogP contribution in [0.25, 0.3) is 11.0 Å². The van der Waals surface area contributed by atoms with Gasteiger partial charge in [0.05, 0.1) is 19.4 Å². The number of rotatable bonds is 1. The molecule has 0 amide bonds. The van der Waals surface area contributed by atoms with Gasteiger partial charge in [-0.25, -0.2) is 19.9 Å². The fourth-order valence-corrected chi connectivity index (χ4v) is 1.91. The molecule has 0 atom stereocenters. The Balaban J connectivity index is 2.03. The highest BCUT2D eigenvalue weighted by Gasteiger charge is 2.15. The molecule has 2 aromatic heterocycles. The van der Waals surface area contributed by atoms with Crippen LogP contribution in [0.2, 0.25) is 5.15 Å². The van der Waals surface area contributed by atoms with E-state index in [1.54, 1.807) is 6.20 Å². The lowest BCUT2D eigenvalue weighted by atomic mass is 10.4. The molecule has 2 aromatic rings. The van der Waals surface area contributed by atoms with Crippen molar-refractivity contribution >= 4 is 28.6 Å². The minimum Gasteiger partial charge on any atom is -0.378 e. The lowest BCUT2D eigenvalue weighted by Crippen LogP contribution is -2.37. The summed E-state index contributed by atoms with van der Waals surface area (Å²) in [5.74, 6) is 0.650. The number of ether oxygens (including phenoxy) is 1. The smallest absolute Gasteiger partial charge is 0.226 e. The van der Waals surface area contributed by atoms with Crippen molar-refractivity contribution in [2.45, 2.75) is 0 Å². The van der Waals surface area contributed by atoms with Gasteiger partial charge in [0.15, 0.2) is 5.15 Å². The zero-order valence-electron chi connectivity index (χ0n) is 9.01. The SMILES string of the molecule is Clc1ncnc2cnc(N3CCOCC3)nc12. The Morgan fingerprint density at radius 1 is 1.18 bits per heavy atom. The van der Waals surface area contributed by atoms with E-state index in [1.807, 2.05) is 0 Å². The maximum absolute atomic E-state index is 5.98. The van der Waals surface area contributed by atoms with Crippen LogP contribution in [-0.2, 0) is 4.74 Å². The maximum atomic E-state index is 5.98. The molecule has 0 spiro atoms. The number of nitrogens with zero attached hydrogens (tertiary/aromatic N) is 5. The summed E-state index contributed by atoms with van der Waals surface area (Å²) in [5, 5.41) is 0.354. The molecule has 6 nitrogen and oxygen atoms in total. The number of halogens is 1. The predicted molar refractivity (Wildman–Crippen MR) is 63.2 cm³/mol. The third-order valence-corrected chi connectivity index (χ3v) is 2.89. The van der Waals surface area contributed by atoms with Gasteiger partial charge < -0.3 is 9.64 Å². The summed E-state index contributed by atoms with van der Waals surface area (Å²) in [7, 11) is 0. The van der Waals surface area contributed by atoms with Crippen molar-refractivity contribution in [2.75, 3.05) is 31.2 Å². The highest BCUT2D eigenvalue weighted by Crippen LogP contribution is 2.19. The summed E-state index contributed by atoms with van der Waals surface area (Å²) < 4.78 is 5.28. The number of fused-ring (bicyclic) bond motifs is 1. The van der Waals surface area contributed by atoms with Crippen molar-refractivity contribution in [3.63, 3.8) is 0 Å². The van der Waals surface area contributed by atoms with E-state index in [2.05, 4.69) is 24.8 Å². The first-order valence-electron chi connectivity index (χ1n) is 5.30. The molecule has 1 fully saturated rings. The maximum Gasteiger partial charge on any atom is 0.226 e. The molecule has 1 aliphatic heterocycles. The Morgan fingerprint density at radius 2 is 2.00 bits per heavy atom. The van der Waals surface area contributed by atoms with Crippen LogP contribution >= 0.6 is 11.6 Å². The summed E-state index contributed by atoms with van der Waals surface area (Å²) in [6, 6.07) is 0. The molecule has 0 N–H and O–H groups in total. The molecule has 88 valence electrons. The van der Waals surface area contributed by atoms with Crippen LogP contribution in [0.1, 0.15) is 0 Å². The normalized spacial score (nSPS) is 16.4. The van der Waals surface area contributed by atoms with E-state index in [0.717, 1.165) is 13.1 Å². The Kier molecular flexibility index (Phi) is 2.74. The van der Waals surface area contributed by atoms with Crippen LogP contribution in [-0.4, -0.2) is 46.2 Å². The molecule has 1 aliphatic rings. The van der Waals surface area contributed by atoms with Crippen LogP contribution in [0.5, 0.6) is 0 Å². The molecular weight excluding hydrogens is 242 g/mol. The average molecular weight is 252 g/mol. The van der Waals surface area contributed by atoms with E-state index >= 15 is 0 Å². The monoisotopic (exact) mass is 251 g/mol. The molecule has 17 heavy (non-hydrogen) atoms. The quantitative estimate of drug-likeness (QED) is 0.702. The third-order valence-electron chi connectivity index (χ3n) is 2.61.